The third kappa shape index (κ3) is 4.82. The van der Waals surface area contributed by atoms with Crippen LogP contribution in [0.5, 0.6) is 0 Å². The Morgan fingerprint density at radius 1 is 1.28 bits per heavy atom. The van der Waals surface area contributed by atoms with E-state index in [1.54, 1.807) is 16.0 Å². The molecule has 0 aliphatic heterocycles. The Morgan fingerprint density at radius 2 is 2.16 bits per heavy atom. The first-order valence-electron chi connectivity index (χ1n) is 8.51. The van der Waals surface area contributed by atoms with Crippen LogP contribution in [0.15, 0.2) is 24.3 Å². The summed E-state index contributed by atoms with van der Waals surface area (Å²) in [5.41, 5.74) is 1.02. The molecule has 1 aromatic carbocycles. The van der Waals surface area contributed by atoms with Gasteiger partial charge in [-0.15, -0.1) is 16.4 Å². The fourth-order valence-electron chi connectivity index (χ4n) is 2.44. The Morgan fingerprint density at radius 3 is 3.00 bits per heavy atom. The number of carbonyl (C=O) groups is 1. The van der Waals surface area contributed by atoms with Crippen molar-refractivity contribution in [2.24, 2.45) is 0 Å². The van der Waals surface area contributed by atoms with Crippen LogP contribution in [0.25, 0.3) is 10.2 Å². The number of aromatic nitrogens is 5. The molecular weight excluding hydrogens is 338 g/mol. The highest BCUT2D eigenvalue weighted by molar-refractivity contribution is 7.18. The summed E-state index contributed by atoms with van der Waals surface area (Å²) < 4.78 is 8.16. The lowest BCUT2D eigenvalue weighted by Gasteiger charge is -2.05. The first-order chi connectivity index (χ1) is 12.3. The standard InChI is InChI=1S/C17H21N5O2S/c1-2-3-11-22-15(19-20-21-22)12-24-17(23)10-6-9-16-18-13-7-4-5-8-14(13)25-16/h4-5,7-8H,2-3,6,9-12H2,1H3. The van der Waals surface area contributed by atoms with E-state index in [2.05, 4.69) is 33.5 Å². The number of hydrogen-bond donors (Lipinski definition) is 0. The molecule has 0 atom stereocenters. The van der Waals surface area contributed by atoms with E-state index >= 15 is 0 Å². The van der Waals surface area contributed by atoms with Crippen LogP contribution in [0, 0.1) is 0 Å². The molecule has 3 rings (SSSR count). The number of rotatable bonds is 9. The summed E-state index contributed by atoms with van der Waals surface area (Å²) in [6.07, 6.45) is 3.92. The van der Waals surface area contributed by atoms with Crippen molar-refractivity contribution >= 4 is 27.5 Å². The molecule has 0 aliphatic rings. The molecule has 0 bridgehead atoms. The number of esters is 1. The summed E-state index contributed by atoms with van der Waals surface area (Å²) in [5, 5.41) is 12.5. The minimum Gasteiger partial charge on any atom is -0.457 e. The van der Waals surface area contributed by atoms with Crippen molar-refractivity contribution in [3.63, 3.8) is 0 Å². The van der Waals surface area contributed by atoms with Crippen molar-refractivity contribution in [1.29, 1.82) is 0 Å². The summed E-state index contributed by atoms with van der Waals surface area (Å²) in [5.74, 6) is 0.360. The van der Waals surface area contributed by atoms with Gasteiger partial charge in [0.2, 0.25) is 0 Å². The van der Waals surface area contributed by atoms with E-state index in [-0.39, 0.29) is 12.6 Å². The maximum Gasteiger partial charge on any atom is 0.306 e. The number of hydrogen-bond acceptors (Lipinski definition) is 7. The molecule has 0 N–H and O–H groups in total. The predicted molar refractivity (Wildman–Crippen MR) is 95.1 cm³/mol. The van der Waals surface area contributed by atoms with Crippen LogP contribution < -0.4 is 0 Å². The maximum atomic E-state index is 11.9. The molecular formula is C17H21N5O2S. The highest BCUT2D eigenvalue weighted by Gasteiger charge is 2.10. The predicted octanol–water partition coefficient (Wildman–Crippen LogP) is 3.15. The topological polar surface area (TPSA) is 82.8 Å². The molecule has 0 amide bonds. The minimum absolute atomic E-state index is 0.122. The quantitative estimate of drug-likeness (QED) is 0.546. The Balaban J connectivity index is 1.41. The van der Waals surface area contributed by atoms with E-state index in [1.807, 2.05) is 18.2 Å². The molecule has 3 aromatic rings. The number of nitrogens with zero attached hydrogens (tertiary/aromatic N) is 5. The summed E-state index contributed by atoms with van der Waals surface area (Å²) in [7, 11) is 0. The van der Waals surface area contributed by atoms with Gasteiger partial charge in [0.1, 0.15) is 0 Å². The van der Waals surface area contributed by atoms with E-state index in [1.165, 1.54) is 4.70 Å². The van der Waals surface area contributed by atoms with Gasteiger partial charge in [0.05, 0.1) is 15.2 Å². The molecule has 0 saturated heterocycles. The van der Waals surface area contributed by atoms with Crippen LogP contribution in [-0.2, 0) is 29.1 Å². The highest BCUT2D eigenvalue weighted by Crippen LogP contribution is 2.22. The van der Waals surface area contributed by atoms with Gasteiger partial charge in [0, 0.05) is 13.0 Å². The third-order valence-electron chi connectivity index (χ3n) is 3.80. The fraction of sp³-hybridized carbons (Fsp3) is 0.471. The number of aryl methyl sites for hydroxylation is 2. The number of thiazole rings is 1. The van der Waals surface area contributed by atoms with Crippen LogP contribution in [0.1, 0.15) is 43.4 Å². The summed E-state index contributed by atoms with van der Waals surface area (Å²) in [6, 6.07) is 8.06. The molecule has 0 radical (unpaired) electrons. The van der Waals surface area contributed by atoms with Crippen molar-refractivity contribution in [3.8, 4) is 0 Å². The van der Waals surface area contributed by atoms with E-state index < -0.39 is 0 Å². The minimum atomic E-state index is -0.230. The largest absolute Gasteiger partial charge is 0.457 e. The monoisotopic (exact) mass is 359 g/mol. The molecule has 2 heterocycles. The first-order valence-corrected chi connectivity index (χ1v) is 9.33. The van der Waals surface area contributed by atoms with Crippen molar-refractivity contribution < 1.29 is 9.53 Å². The fourth-order valence-corrected chi connectivity index (χ4v) is 3.45. The van der Waals surface area contributed by atoms with Crippen molar-refractivity contribution in [1.82, 2.24) is 25.2 Å². The molecule has 0 fully saturated rings. The van der Waals surface area contributed by atoms with Crippen LogP contribution in [-0.4, -0.2) is 31.2 Å². The lowest BCUT2D eigenvalue weighted by atomic mass is 10.2. The van der Waals surface area contributed by atoms with Gasteiger partial charge in [-0.1, -0.05) is 25.5 Å². The van der Waals surface area contributed by atoms with Gasteiger partial charge in [-0.05, 0) is 41.8 Å². The zero-order valence-electron chi connectivity index (χ0n) is 14.2. The summed E-state index contributed by atoms with van der Waals surface area (Å²) in [4.78, 5) is 16.5. The first kappa shape index (κ1) is 17.5. The van der Waals surface area contributed by atoms with Gasteiger partial charge in [-0.25, -0.2) is 9.67 Å². The lowest BCUT2D eigenvalue weighted by molar-refractivity contribution is -0.145. The summed E-state index contributed by atoms with van der Waals surface area (Å²) in [6.45, 7) is 2.97. The number of ether oxygens (including phenoxy) is 1. The van der Waals surface area contributed by atoms with Crippen molar-refractivity contribution in [2.45, 2.75) is 52.2 Å². The van der Waals surface area contributed by atoms with Crippen LogP contribution in [0.4, 0.5) is 0 Å². The number of benzene rings is 1. The van der Waals surface area contributed by atoms with Crippen molar-refractivity contribution in [2.75, 3.05) is 0 Å². The maximum absolute atomic E-state index is 11.9. The Kier molecular flexibility index (Phi) is 6.05. The van der Waals surface area contributed by atoms with E-state index in [0.717, 1.165) is 42.8 Å². The van der Waals surface area contributed by atoms with E-state index in [4.69, 9.17) is 4.74 Å². The van der Waals surface area contributed by atoms with Crippen molar-refractivity contribution in [3.05, 3.63) is 35.1 Å². The summed E-state index contributed by atoms with van der Waals surface area (Å²) >= 11 is 1.68. The average Bonchev–Trinajstić information content (AvgIpc) is 3.24. The van der Waals surface area contributed by atoms with Gasteiger partial charge < -0.3 is 4.74 Å². The number of unbranched alkanes of at least 4 members (excludes halogenated alkanes) is 1. The van der Waals surface area contributed by atoms with Crippen LogP contribution >= 0.6 is 11.3 Å². The molecule has 132 valence electrons. The second-order valence-electron chi connectivity index (χ2n) is 5.76. The van der Waals surface area contributed by atoms with Gasteiger partial charge >= 0.3 is 5.97 Å². The average molecular weight is 359 g/mol. The normalized spacial score (nSPS) is 11.1. The lowest BCUT2D eigenvalue weighted by Crippen LogP contribution is -2.11. The molecule has 25 heavy (non-hydrogen) atoms. The smallest absolute Gasteiger partial charge is 0.306 e. The van der Waals surface area contributed by atoms with E-state index in [0.29, 0.717) is 12.2 Å². The second-order valence-corrected chi connectivity index (χ2v) is 6.88. The third-order valence-corrected chi connectivity index (χ3v) is 4.90. The number of carbonyl (C=O) groups excluding carboxylic acids is 1. The number of tetrazole rings is 1. The van der Waals surface area contributed by atoms with Gasteiger partial charge in [-0.3, -0.25) is 4.79 Å². The Bertz CT molecular complexity index is 796. The highest BCUT2D eigenvalue weighted by atomic mass is 32.1. The SMILES string of the molecule is CCCCn1nnnc1COC(=O)CCCc1nc2ccccc2s1. The molecule has 7 nitrogen and oxygen atoms in total. The molecule has 0 unspecified atom stereocenters. The van der Waals surface area contributed by atoms with E-state index in [9.17, 15) is 4.79 Å². The second kappa shape index (κ2) is 8.66. The molecule has 8 heteroatoms. The Labute approximate surface area is 150 Å². The van der Waals surface area contributed by atoms with Gasteiger partial charge in [0.25, 0.3) is 0 Å². The zero-order valence-corrected chi connectivity index (χ0v) is 15.0. The molecule has 0 saturated carbocycles. The Hall–Kier alpha value is -2.35. The van der Waals surface area contributed by atoms with Gasteiger partial charge in [-0.2, -0.15) is 0 Å². The van der Waals surface area contributed by atoms with Crippen LogP contribution in [0.2, 0.25) is 0 Å². The van der Waals surface area contributed by atoms with Gasteiger partial charge in [0.15, 0.2) is 12.4 Å². The molecule has 0 aliphatic carbocycles. The number of para-hydroxylation sites is 1. The number of fused-ring (bicyclic) bond motifs is 1. The van der Waals surface area contributed by atoms with Crippen LogP contribution in [0.3, 0.4) is 0 Å². The zero-order chi connectivity index (χ0) is 17.5. The molecule has 2 aromatic heterocycles. The molecule has 0 spiro atoms.